The third kappa shape index (κ3) is 3.71. The van der Waals surface area contributed by atoms with Gasteiger partial charge < -0.3 is 10.2 Å². The SMILES string of the molecule is Cc1cccc(NC(=O)C2CCCN(c3cc(-n4cncn4)ncn3)C2)c1C. The molecule has 3 heterocycles. The Morgan fingerprint density at radius 3 is 2.86 bits per heavy atom. The van der Waals surface area contributed by atoms with Crippen LogP contribution >= 0.6 is 0 Å². The minimum atomic E-state index is -0.0848. The topological polar surface area (TPSA) is 88.8 Å². The molecule has 1 aromatic carbocycles. The van der Waals surface area contributed by atoms with E-state index in [-0.39, 0.29) is 11.8 Å². The first-order chi connectivity index (χ1) is 13.6. The highest BCUT2D eigenvalue weighted by molar-refractivity contribution is 5.93. The molecular weight excluding hydrogens is 354 g/mol. The molecule has 1 atom stereocenters. The molecule has 0 aliphatic carbocycles. The van der Waals surface area contributed by atoms with E-state index >= 15 is 0 Å². The van der Waals surface area contributed by atoms with Gasteiger partial charge in [0, 0.05) is 24.8 Å². The summed E-state index contributed by atoms with van der Waals surface area (Å²) in [6.45, 7) is 5.57. The number of nitrogens with zero attached hydrogens (tertiary/aromatic N) is 6. The van der Waals surface area contributed by atoms with Crippen molar-refractivity contribution in [3.8, 4) is 5.82 Å². The lowest BCUT2D eigenvalue weighted by Gasteiger charge is -2.33. The number of hydrogen-bond acceptors (Lipinski definition) is 6. The molecule has 144 valence electrons. The van der Waals surface area contributed by atoms with Crippen LogP contribution in [0, 0.1) is 19.8 Å². The zero-order chi connectivity index (χ0) is 19.5. The Kier molecular flexibility index (Phi) is 5.01. The number of aryl methyl sites for hydroxylation is 1. The summed E-state index contributed by atoms with van der Waals surface area (Å²) in [7, 11) is 0. The predicted molar refractivity (Wildman–Crippen MR) is 106 cm³/mol. The van der Waals surface area contributed by atoms with Gasteiger partial charge in [0.1, 0.15) is 24.8 Å². The van der Waals surface area contributed by atoms with Gasteiger partial charge in [-0.3, -0.25) is 4.79 Å². The van der Waals surface area contributed by atoms with Gasteiger partial charge in [0.25, 0.3) is 0 Å². The molecule has 0 saturated carbocycles. The van der Waals surface area contributed by atoms with Crippen LogP contribution in [0.25, 0.3) is 5.82 Å². The summed E-state index contributed by atoms with van der Waals surface area (Å²) >= 11 is 0. The van der Waals surface area contributed by atoms with Crippen molar-refractivity contribution in [3.63, 3.8) is 0 Å². The van der Waals surface area contributed by atoms with Gasteiger partial charge in [0.05, 0.1) is 5.92 Å². The normalized spacial score (nSPS) is 16.8. The molecule has 8 nitrogen and oxygen atoms in total. The van der Waals surface area contributed by atoms with Gasteiger partial charge in [-0.15, -0.1) is 0 Å². The second kappa shape index (κ2) is 7.75. The maximum Gasteiger partial charge on any atom is 0.229 e. The van der Waals surface area contributed by atoms with E-state index in [9.17, 15) is 4.79 Å². The van der Waals surface area contributed by atoms with E-state index in [2.05, 4.69) is 43.3 Å². The summed E-state index contributed by atoms with van der Waals surface area (Å²) in [4.78, 5) is 27.6. The Balaban J connectivity index is 1.48. The van der Waals surface area contributed by atoms with Crippen LogP contribution in [0.1, 0.15) is 24.0 Å². The van der Waals surface area contributed by atoms with Gasteiger partial charge in [-0.05, 0) is 43.9 Å². The average molecular weight is 377 g/mol. The Labute approximate surface area is 163 Å². The molecule has 1 fully saturated rings. The summed E-state index contributed by atoms with van der Waals surface area (Å²) in [5.74, 6) is 1.43. The van der Waals surface area contributed by atoms with Crippen molar-refractivity contribution in [2.75, 3.05) is 23.3 Å². The van der Waals surface area contributed by atoms with Gasteiger partial charge in [0.2, 0.25) is 5.91 Å². The van der Waals surface area contributed by atoms with Crippen LogP contribution in [0.2, 0.25) is 0 Å². The van der Waals surface area contributed by atoms with E-state index in [1.165, 1.54) is 18.2 Å². The number of amides is 1. The number of benzene rings is 1. The fourth-order valence-corrected chi connectivity index (χ4v) is 3.48. The Morgan fingerprint density at radius 1 is 1.18 bits per heavy atom. The van der Waals surface area contributed by atoms with Crippen molar-refractivity contribution in [2.45, 2.75) is 26.7 Å². The Bertz CT molecular complexity index is 970. The van der Waals surface area contributed by atoms with Crippen molar-refractivity contribution >= 4 is 17.4 Å². The summed E-state index contributed by atoms with van der Waals surface area (Å²) in [5, 5.41) is 7.22. The summed E-state index contributed by atoms with van der Waals surface area (Å²) in [6, 6.07) is 7.85. The second-order valence-electron chi connectivity index (χ2n) is 7.10. The van der Waals surface area contributed by atoms with Crippen LogP contribution in [0.3, 0.4) is 0 Å². The largest absolute Gasteiger partial charge is 0.356 e. The number of anilines is 2. The van der Waals surface area contributed by atoms with Crippen LogP contribution in [-0.2, 0) is 4.79 Å². The van der Waals surface area contributed by atoms with E-state index in [1.807, 2.05) is 25.1 Å². The molecular formula is C20H23N7O. The van der Waals surface area contributed by atoms with Gasteiger partial charge in [-0.2, -0.15) is 5.10 Å². The van der Waals surface area contributed by atoms with E-state index in [0.717, 1.165) is 36.5 Å². The summed E-state index contributed by atoms with van der Waals surface area (Å²) in [5.41, 5.74) is 3.17. The first-order valence-corrected chi connectivity index (χ1v) is 9.41. The van der Waals surface area contributed by atoms with Gasteiger partial charge in [-0.1, -0.05) is 12.1 Å². The molecule has 0 radical (unpaired) electrons. The fourth-order valence-electron chi connectivity index (χ4n) is 3.48. The predicted octanol–water partition coefficient (Wildman–Crippen LogP) is 2.53. The highest BCUT2D eigenvalue weighted by atomic mass is 16.1. The molecule has 0 spiro atoms. The molecule has 1 saturated heterocycles. The minimum absolute atomic E-state index is 0.0592. The standard InChI is InChI=1S/C20H23N7O/c1-14-5-3-7-17(15(14)2)25-20(28)16-6-4-8-26(10-16)18-9-19(23-12-22-18)27-13-21-11-24-27/h3,5,7,9,11-13,16H,4,6,8,10H2,1-2H3,(H,25,28). The van der Waals surface area contributed by atoms with Gasteiger partial charge in [-0.25, -0.2) is 19.6 Å². The van der Waals surface area contributed by atoms with E-state index in [4.69, 9.17) is 0 Å². The van der Waals surface area contributed by atoms with Gasteiger partial charge >= 0.3 is 0 Å². The number of piperidine rings is 1. The number of carbonyl (C=O) groups excluding carboxylic acids is 1. The number of carbonyl (C=O) groups is 1. The molecule has 4 rings (SSSR count). The number of nitrogens with one attached hydrogen (secondary N) is 1. The zero-order valence-electron chi connectivity index (χ0n) is 16.0. The molecule has 1 unspecified atom stereocenters. The first-order valence-electron chi connectivity index (χ1n) is 9.41. The molecule has 28 heavy (non-hydrogen) atoms. The maximum absolute atomic E-state index is 12.9. The Morgan fingerprint density at radius 2 is 2.04 bits per heavy atom. The highest BCUT2D eigenvalue weighted by Gasteiger charge is 2.27. The molecule has 3 aromatic rings. The van der Waals surface area contributed by atoms with Crippen LogP contribution in [-0.4, -0.2) is 43.7 Å². The minimum Gasteiger partial charge on any atom is -0.356 e. The van der Waals surface area contributed by atoms with Crippen molar-refractivity contribution in [1.29, 1.82) is 0 Å². The van der Waals surface area contributed by atoms with Crippen LogP contribution in [0.5, 0.6) is 0 Å². The molecule has 1 N–H and O–H groups in total. The first kappa shape index (κ1) is 18.1. The molecule has 1 aliphatic heterocycles. The van der Waals surface area contributed by atoms with Crippen molar-refractivity contribution in [1.82, 2.24) is 24.7 Å². The molecule has 1 aliphatic rings. The lowest BCUT2D eigenvalue weighted by molar-refractivity contribution is -0.120. The number of hydrogen-bond donors (Lipinski definition) is 1. The average Bonchev–Trinajstić information content (AvgIpc) is 3.27. The van der Waals surface area contributed by atoms with Crippen molar-refractivity contribution in [3.05, 3.63) is 54.4 Å². The van der Waals surface area contributed by atoms with Crippen LogP contribution in [0.4, 0.5) is 11.5 Å². The summed E-state index contributed by atoms with van der Waals surface area (Å²) < 4.78 is 1.60. The Hall–Kier alpha value is -3.29. The van der Waals surface area contributed by atoms with Gasteiger partial charge in [0.15, 0.2) is 5.82 Å². The van der Waals surface area contributed by atoms with Crippen molar-refractivity contribution in [2.24, 2.45) is 5.92 Å². The van der Waals surface area contributed by atoms with Crippen molar-refractivity contribution < 1.29 is 4.79 Å². The molecule has 1 amide bonds. The molecule has 8 heteroatoms. The van der Waals surface area contributed by atoms with Crippen LogP contribution in [0.15, 0.2) is 43.2 Å². The van der Waals surface area contributed by atoms with E-state index in [0.29, 0.717) is 12.4 Å². The third-order valence-electron chi connectivity index (χ3n) is 5.27. The summed E-state index contributed by atoms with van der Waals surface area (Å²) in [6.07, 6.45) is 6.40. The highest BCUT2D eigenvalue weighted by Crippen LogP contribution is 2.25. The fraction of sp³-hybridized carbons (Fsp3) is 0.350. The monoisotopic (exact) mass is 377 g/mol. The maximum atomic E-state index is 12.9. The van der Waals surface area contributed by atoms with E-state index in [1.54, 1.807) is 11.0 Å². The lowest BCUT2D eigenvalue weighted by atomic mass is 9.96. The molecule has 0 bridgehead atoms. The lowest BCUT2D eigenvalue weighted by Crippen LogP contribution is -2.41. The third-order valence-corrected chi connectivity index (χ3v) is 5.27. The molecule has 2 aromatic heterocycles. The zero-order valence-corrected chi connectivity index (χ0v) is 16.0. The smallest absolute Gasteiger partial charge is 0.229 e. The quantitative estimate of drug-likeness (QED) is 0.752. The number of aromatic nitrogens is 5. The van der Waals surface area contributed by atoms with E-state index < -0.39 is 0 Å². The van der Waals surface area contributed by atoms with Crippen LogP contribution < -0.4 is 10.2 Å². The second-order valence-corrected chi connectivity index (χ2v) is 7.10. The number of rotatable bonds is 4.